The number of carbonyl (C=O) groups is 1. The molecule has 0 radical (unpaired) electrons. The number of hydrogen-bond donors (Lipinski definition) is 1. The van der Waals surface area contributed by atoms with Gasteiger partial charge in [-0.25, -0.2) is 4.79 Å². The van der Waals surface area contributed by atoms with E-state index in [2.05, 4.69) is 15.9 Å². The number of nitrogens with two attached hydrogens (primary N) is 1. The molecule has 7 nitrogen and oxygen atoms in total. The van der Waals surface area contributed by atoms with Gasteiger partial charge in [0.1, 0.15) is 17.7 Å². The largest absolute Gasteiger partial charge is 0.494 e. The van der Waals surface area contributed by atoms with Crippen LogP contribution in [0.15, 0.2) is 22.8 Å². The van der Waals surface area contributed by atoms with Crippen LogP contribution in [-0.2, 0) is 4.74 Å². The number of anilines is 1. The van der Waals surface area contributed by atoms with E-state index in [1.165, 1.54) is 25.0 Å². The van der Waals surface area contributed by atoms with Crippen LogP contribution >= 0.6 is 15.9 Å². The van der Waals surface area contributed by atoms with Crippen molar-refractivity contribution in [3.63, 3.8) is 0 Å². The van der Waals surface area contributed by atoms with E-state index in [0.717, 1.165) is 0 Å². The molecule has 0 aliphatic rings. The number of rotatable bonds is 3. The van der Waals surface area contributed by atoms with Gasteiger partial charge in [0.15, 0.2) is 11.4 Å². The zero-order valence-electron chi connectivity index (χ0n) is 12.3. The lowest BCUT2D eigenvalue weighted by atomic mass is 10.1. The van der Waals surface area contributed by atoms with Gasteiger partial charge in [-0.05, 0) is 28.1 Å². The van der Waals surface area contributed by atoms with Crippen LogP contribution in [0.25, 0.3) is 5.69 Å². The summed E-state index contributed by atoms with van der Waals surface area (Å²) in [5, 5.41) is 18.6. The SMILES string of the molecule is COC(=O)c1c(N)c(C#N)cn1-c1ccc(Br)c(OC)c1C#N. The summed E-state index contributed by atoms with van der Waals surface area (Å²) in [6.45, 7) is 0. The van der Waals surface area contributed by atoms with E-state index < -0.39 is 5.97 Å². The smallest absolute Gasteiger partial charge is 0.357 e. The maximum absolute atomic E-state index is 12.0. The van der Waals surface area contributed by atoms with Crippen molar-refractivity contribution in [1.29, 1.82) is 10.5 Å². The maximum Gasteiger partial charge on any atom is 0.357 e. The Morgan fingerprint density at radius 3 is 2.52 bits per heavy atom. The topological polar surface area (TPSA) is 114 Å². The summed E-state index contributed by atoms with van der Waals surface area (Å²) in [5.74, 6) is -0.402. The first-order valence-corrected chi connectivity index (χ1v) is 7.05. The summed E-state index contributed by atoms with van der Waals surface area (Å²) in [4.78, 5) is 12.0. The molecule has 0 saturated heterocycles. The number of carbonyl (C=O) groups excluding carboxylic acids is 1. The first-order valence-electron chi connectivity index (χ1n) is 6.26. The summed E-state index contributed by atoms with van der Waals surface area (Å²) >= 11 is 3.30. The third kappa shape index (κ3) is 2.60. The zero-order chi connectivity index (χ0) is 17.1. The first kappa shape index (κ1) is 16.4. The van der Waals surface area contributed by atoms with Gasteiger partial charge in [0.25, 0.3) is 0 Å². The van der Waals surface area contributed by atoms with Gasteiger partial charge in [-0.3, -0.25) is 0 Å². The van der Waals surface area contributed by atoms with Crippen molar-refractivity contribution in [2.24, 2.45) is 0 Å². The fourth-order valence-corrected chi connectivity index (χ4v) is 2.65. The van der Waals surface area contributed by atoms with E-state index in [9.17, 15) is 10.1 Å². The molecule has 0 unspecified atom stereocenters. The number of benzene rings is 1. The maximum atomic E-state index is 12.0. The fraction of sp³-hybridized carbons (Fsp3) is 0.133. The molecule has 0 aliphatic heterocycles. The van der Waals surface area contributed by atoms with Crippen molar-refractivity contribution >= 4 is 27.6 Å². The molecule has 0 spiro atoms. The number of ether oxygens (including phenoxy) is 2. The Morgan fingerprint density at radius 1 is 1.30 bits per heavy atom. The van der Waals surface area contributed by atoms with Crippen molar-refractivity contribution in [3.05, 3.63) is 39.6 Å². The minimum Gasteiger partial charge on any atom is -0.494 e. The second-order valence-electron chi connectivity index (χ2n) is 4.37. The molecule has 1 aromatic carbocycles. The van der Waals surface area contributed by atoms with Crippen LogP contribution in [0.4, 0.5) is 5.69 Å². The molecule has 1 heterocycles. The van der Waals surface area contributed by atoms with Crippen molar-refractivity contribution in [1.82, 2.24) is 4.57 Å². The van der Waals surface area contributed by atoms with E-state index in [0.29, 0.717) is 15.9 Å². The van der Waals surface area contributed by atoms with Gasteiger partial charge in [0.2, 0.25) is 0 Å². The number of nitrogen functional groups attached to an aromatic ring is 1. The van der Waals surface area contributed by atoms with Crippen molar-refractivity contribution in [2.45, 2.75) is 0 Å². The van der Waals surface area contributed by atoms with Gasteiger partial charge in [-0.1, -0.05) is 0 Å². The Hall–Kier alpha value is -2.97. The van der Waals surface area contributed by atoms with Crippen molar-refractivity contribution in [3.8, 4) is 23.6 Å². The zero-order valence-corrected chi connectivity index (χ0v) is 13.8. The third-order valence-corrected chi connectivity index (χ3v) is 3.83. The van der Waals surface area contributed by atoms with E-state index >= 15 is 0 Å². The van der Waals surface area contributed by atoms with Crippen LogP contribution in [0, 0.1) is 22.7 Å². The monoisotopic (exact) mass is 374 g/mol. The summed E-state index contributed by atoms with van der Waals surface area (Å²) in [5.41, 5.74) is 6.46. The van der Waals surface area contributed by atoms with Gasteiger partial charge < -0.3 is 19.8 Å². The average molecular weight is 375 g/mol. The molecule has 23 heavy (non-hydrogen) atoms. The van der Waals surface area contributed by atoms with E-state index in [4.69, 9.17) is 20.5 Å². The van der Waals surface area contributed by atoms with Crippen LogP contribution in [-0.4, -0.2) is 24.8 Å². The molecule has 2 rings (SSSR count). The lowest BCUT2D eigenvalue weighted by Gasteiger charge is -2.13. The summed E-state index contributed by atoms with van der Waals surface area (Å²) in [6.07, 6.45) is 1.38. The molecule has 0 bridgehead atoms. The predicted molar refractivity (Wildman–Crippen MR) is 85.2 cm³/mol. The Labute approximate surface area is 140 Å². The average Bonchev–Trinajstić information content (AvgIpc) is 2.89. The van der Waals surface area contributed by atoms with E-state index in [1.807, 2.05) is 12.1 Å². The third-order valence-electron chi connectivity index (χ3n) is 3.21. The molecular weight excluding hydrogens is 364 g/mol. The summed E-state index contributed by atoms with van der Waals surface area (Å²) in [6, 6.07) is 7.21. The molecule has 2 N–H and O–H groups in total. The standard InChI is InChI=1S/C15H11BrN4O3/c1-22-14-9(6-18)11(4-3-10(14)16)20-7-8(5-17)12(19)13(20)15(21)23-2/h3-4,7H,19H2,1-2H3. The molecule has 0 saturated carbocycles. The lowest BCUT2D eigenvalue weighted by Crippen LogP contribution is -2.12. The van der Waals surface area contributed by atoms with Crippen LogP contribution in [0.5, 0.6) is 5.75 Å². The molecule has 0 atom stereocenters. The van der Waals surface area contributed by atoms with Crippen molar-refractivity contribution in [2.75, 3.05) is 20.0 Å². The van der Waals surface area contributed by atoms with Gasteiger partial charge in [-0.15, -0.1) is 0 Å². The van der Waals surface area contributed by atoms with E-state index in [1.54, 1.807) is 12.1 Å². The first-order chi connectivity index (χ1) is 11.0. The summed E-state index contributed by atoms with van der Waals surface area (Å²) in [7, 11) is 2.63. The predicted octanol–water partition coefficient (Wildman–Crippen LogP) is 2.36. The number of methoxy groups -OCH3 is 2. The molecular formula is C15H11BrN4O3. The Bertz CT molecular complexity index is 874. The number of nitrogens with zero attached hydrogens (tertiary/aromatic N) is 3. The minimum absolute atomic E-state index is 0.00914. The molecule has 0 fully saturated rings. The molecule has 1 aromatic heterocycles. The fourth-order valence-electron chi connectivity index (χ4n) is 2.16. The number of hydrogen-bond acceptors (Lipinski definition) is 6. The number of aromatic nitrogens is 1. The normalized spacial score (nSPS) is 9.78. The van der Waals surface area contributed by atoms with Gasteiger partial charge in [0.05, 0.1) is 35.6 Å². The van der Waals surface area contributed by atoms with Crippen LogP contribution in [0.1, 0.15) is 21.6 Å². The van der Waals surface area contributed by atoms with Crippen LogP contribution in [0.2, 0.25) is 0 Å². The lowest BCUT2D eigenvalue weighted by molar-refractivity contribution is 0.0593. The number of halogens is 1. The Kier molecular flexibility index (Phi) is 4.58. The quantitative estimate of drug-likeness (QED) is 0.824. The number of esters is 1. The van der Waals surface area contributed by atoms with Crippen LogP contribution < -0.4 is 10.5 Å². The highest BCUT2D eigenvalue weighted by atomic mass is 79.9. The van der Waals surface area contributed by atoms with Gasteiger partial charge >= 0.3 is 5.97 Å². The second kappa shape index (κ2) is 6.42. The molecule has 0 amide bonds. The molecule has 0 aliphatic carbocycles. The second-order valence-corrected chi connectivity index (χ2v) is 5.22. The molecule has 8 heteroatoms. The molecule has 116 valence electrons. The highest BCUT2D eigenvalue weighted by molar-refractivity contribution is 9.10. The number of nitriles is 2. The van der Waals surface area contributed by atoms with Crippen molar-refractivity contribution < 1.29 is 14.3 Å². The Balaban J connectivity index is 2.86. The van der Waals surface area contributed by atoms with E-state index in [-0.39, 0.29) is 22.5 Å². The van der Waals surface area contributed by atoms with Crippen LogP contribution in [0.3, 0.4) is 0 Å². The highest BCUT2D eigenvalue weighted by Crippen LogP contribution is 2.35. The molecule has 2 aromatic rings. The summed E-state index contributed by atoms with van der Waals surface area (Å²) < 4.78 is 11.9. The Morgan fingerprint density at radius 2 is 2.00 bits per heavy atom. The van der Waals surface area contributed by atoms with Gasteiger partial charge in [-0.2, -0.15) is 10.5 Å². The minimum atomic E-state index is -0.713. The van der Waals surface area contributed by atoms with Gasteiger partial charge in [0, 0.05) is 6.20 Å². The highest BCUT2D eigenvalue weighted by Gasteiger charge is 2.24.